The summed E-state index contributed by atoms with van der Waals surface area (Å²) in [5.74, 6) is 0. The molecule has 0 atom stereocenters. The van der Waals surface area contributed by atoms with Gasteiger partial charge in [0.05, 0.1) is 29.1 Å². The van der Waals surface area contributed by atoms with Gasteiger partial charge in [-0.15, -0.1) is 0 Å². The van der Waals surface area contributed by atoms with Crippen LogP contribution in [0.4, 0.5) is 5.69 Å². The average molecular weight is 254 g/mol. The second kappa shape index (κ2) is 5.15. The SMILES string of the molecule is CC(C)(C)n1cc(NCc2ccc(C#N)cc2)cn1. The normalized spacial score (nSPS) is 11.1. The minimum Gasteiger partial charge on any atom is -0.378 e. The third-order valence-electron chi connectivity index (χ3n) is 2.85. The number of hydrogen-bond acceptors (Lipinski definition) is 3. The molecule has 1 aromatic carbocycles. The maximum atomic E-state index is 8.74. The van der Waals surface area contributed by atoms with Gasteiger partial charge in [-0.3, -0.25) is 4.68 Å². The first-order valence-corrected chi connectivity index (χ1v) is 6.27. The Bertz CT molecular complexity index is 582. The monoisotopic (exact) mass is 254 g/mol. The highest BCUT2D eigenvalue weighted by Crippen LogP contribution is 2.16. The standard InChI is InChI=1S/C15H18N4/c1-15(2,3)19-11-14(10-18-19)17-9-13-6-4-12(8-16)5-7-13/h4-7,10-11,17H,9H2,1-3H3. The van der Waals surface area contributed by atoms with E-state index in [-0.39, 0.29) is 5.54 Å². The molecule has 0 spiro atoms. The lowest BCUT2D eigenvalue weighted by Crippen LogP contribution is -2.21. The van der Waals surface area contributed by atoms with Gasteiger partial charge in [0, 0.05) is 12.7 Å². The van der Waals surface area contributed by atoms with Gasteiger partial charge in [-0.05, 0) is 38.5 Å². The number of nitriles is 1. The van der Waals surface area contributed by atoms with E-state index in [0.717, 1.165) is 17.8 Å². The van der Waals surface area contributed by atoms with Crippen LogP contribution in [0.25, 0.3) is 0 Å². The molecule has 1 aromatic heterocycles. The molecule has 1 heterocycles. The van der Waals surface area contributed by atoms with E-state index >= 15 is 0 Å². The van der Waals surface area contributed by atoms with Gasteiger partial charge < -0.3 is 5.32 Å². The van der Waals surface area contributed by atoms with Gasteiger partial charge >= 0.3 is 0 Å². The number of anilines is 1. The van der Waals surface area contributed by atoms with E-state index in [1.54, 1.807) is 0 Å². The molecule has 0 amide bonds. The molecule has 0 fully saturated rings. The quantitative estimate of drug-likeness (QED) is 0.915. The van der Waals surface area contributed by atoms with Crippen LogP contribution in [0.2, 0.25) is 0 Å². The highest BCUT2D eigenvalue weighted by molar-refractivity contribution is 5.40. The lowest BCUT2D eigenvalue weighted by Gasteiger charge is -2.18. The summed E-state index contributed by atoms with van der Waals surface area (Å²) in [6, 6.07) is 9.69. The Balaban J connectivity index is 1.99. The predicted molar refractivity (Wildman–Crippen MR) is 75.7 cm³/mol. The zero-order valence-electron chi connectivity index (χ0n) is 11.5. The van der Waals surface area contributed by atoms with Crippen molar-refractivity contribution < 1.29 is 0 Å². The minimum atomic E-state index is -0.00558. The molecule has 0 saturated heterocycles. The Morgan fingerprint density at radius 1 is 1.26 bits per heavy atom. The number of benzene rings is 1. The summed E-state index contributed by atoms with van der Waals surface area (Å²) in [5, 5.41) is 16.4. The molecule has 0 unspecified atom stereocenters. The predicted octanol–water partition coefficient (Wildman–Crippen LogP) is 3.12. The van der Waals surface area contributed by atoms with Crippen molar-refractivity contribution in [2.24, 2.45) is 0 Å². The summed E-state index contributed by atoms with van der Waals surface area (Å²) in [6.07, 6.45) is 3.83. The first-order valence-electron chi connectivity index (χ1n) is 6.27. The minimum absolute atomic E-state index is 0.00558. The second-order valence-corrected chi connectivity index (χ2v) is 5.51. The molecule has 1 N–H and O–H groups in total. The van der Waals surface area contributed by atoms with Crippen LogP contribution in [0.3, 0.4) is 0 Å². The number of nitrogens with one attached hydrogen (secondary N) is 1. The van der Waals surface area contributed by atoms with Crippen molar-refractivity contribution in [3.8, 4) is 6.07 Å². The van der Waals surface area contributed by atoms with E-state index in [1.165, 1.54) is 0 Å². The fraction of sp³-hybridized carbons (Fsp3) is 0.333. The summed E-state index contributed by atoms with van der Waals surface area (Å²) in [4.78, 5) is 0. The molecular weight excluding hydrogens is 236 g/mol. The molecular formula is C15H18N4. The maximum absolute atomic E-state index is 8.74. The van der Waals surface area contributed by atoms with Crippen LogP contribution in [-0.2, 0) is 12.1 Å². The molecule has 19 heavy (non-hydrogen) atoms. The Hall–Kier alpha value is -2.28. The van der Waals surface area contributed by atoms with Gasteiger partial charge in [0.15, 0.2) is 0 Å². The second-order valence-electron chi connectivity index (χ2n) is 5.51. The fourth-order valence-corrected chi connectivity index (χ4v) is 1.68. The van der Waals surface area contributed by atoms with E-state index in [2.05, 4.69) is 37.3 Å². The van der Waals surface area contributed by atoms with Crippen molar-refractivity contribution in [1.29, 1.82) is 5.26 Å². The van der Waals surface area contributed by atoms with Crippen LogP contribution in [0.1, 0.15) is 31.9 Å². The van der Waals surface area contributed by atoms with Crippen LogP contribution in [0.15, 0.2) is 36.7 Å². The van der Waals surface area contributed by atoms with Gasteiger partial charge in [0.1, 0.15) is 0 Å². The Kier molecular flexibility index (Phi) is 3.57. The van der Waals surface area contributed by atoms with E-state index in [1.807, 2.05) is 41.3 Å². The summed E-state index contributed by atoms with van der Waals surface area (Å²) >= 11 is 0. The van der Waals surface area contributed by atoms with Crippen molar-refractivity contribution in [1.82, 2.24) is 9.78 Å². The molecule has 98 valence electrons. The summed E-state index contributed by atoms with van der Waals surface area (Å²) in [6.45, 7) is 7.07. The molecule has 0 saturated carbocycles. The number of rotatable bonds is 3. The smallest absolute Gasteiger partial charge is 0.0991 e. The molecule has 0 aliphatic rings. The molecule has 0 aliphatic carbocycles. The Morgan fingerprint density at radius 2 is 1.95 bits per heavy atom. The largest absolute Gasteiger partial charge is 0.378 e. The van der Waals surface area contributed by atoms with Gasteiger partial charge in [-0.1, -0.05) is 12.1 Å². The van der Waals surface area contributed by atoms with Crippen molar-refractivity contribution >= 4 is 5.69 Å². The lowest BCUT2D eigenvalue weighted by molar-refractivity contribution is 0.355. The molecule has 0 radical (unpaired) electrons. The maximum Gasteiger partial charge on any atom is 0.0991 e. The highest BCUT2D eigenvalue weighted by atomic mass is 15.3. The van der Waals surface area contributed by atoms with Crippen molar-refractivity contribution in [2.75, 3.05) is 5.32 Å². The molecule has 0 bridgehead atoms. The fourth-order valence-electron chi connectivity index (χ4n) is 1.68. The molecule has 2 rings (SSSR count). The molecule has 4 heteroatoms. The van der Waals surface area contributed by atoms with Crippen LogP contribution >= 0.6 is 0 Å². The van der Waals surface area contributed by atoms with Crippen LogP contribution in [0.5, 0.6) is 0 Å². The van der Waals surface area contributed by atoms with E-state index in [0.29, 0.717) is 5.56 Å². The Morgan fingerprint density at radius 3 is 2.47 bits per heavy atom. The van der Waals surface area contributed by atoms with Gasteiger partial charge in [0.2, 0.25) is 0 Å². The van der Waals surface area contributed by atoms with Gasteiger partial charge in [0.25, 0.3) is 0 Å². The van der Waals surface area contributed by atoms with Crippen LogP contribution in [0, 0.1) is 11.3 Å². The van der Waals surface area contributed by atoms with Crippen molar-refractivity contribution in [3.63, 3.8) is 0 Å². The topological polar surface area (TPSA) is 53.6 Å². The summed E-state index contributed by atoms with van der Waals surface area (Å²) in [7, 11) is 0. The van der Waals surface area contributed by atoms with Crippen LogP contribution in [-0.4, -0.2) is 9.78 Å². The Labute approximate surface area is 113 Å². The third kappa shape index (κ3) is 3.35. The third-order valence-corrected chi connectivity index (χ3v) is 2.85. The first kappa shape index (κ1) is 13.2. The molecule has 4 nitrogen and oxygen atoms in total. The van der Waals surface area contributed by atoms with E-state index < -0.39 is 0 Å². The number of nitrogens with zero attached hydrogens (tertiary/aromatic N) is 3. The number of aromatic nitrogens is 2. The first-order chi connectivity index (χ1) is 8.99. The highest BCUT2D eigenvalue weighted by Gasteiger charge is 2.13. The van der Waals surface area contributed by atoms with Gasteiger partial charge in [-0.25, -0.2) is 0 Å². The van der Waals surface area contributed by atoms with Crippen LogP contribution < -0.4 is 5.32 Å². The number of hydrogen-bond donors (Lipinski definition) is 1. The zero-order chi connectivity index (χ0) is 13.9. The summed E-state index contributed by atoms with van der Waals surface area (Å²) < 4.78 is 1.94. The lowest BCUT2D eigenvalue weighted by atomic mass is 10.1. The van der Waals surface area contributed by atoms with Gasteiger partial charge in [-0.2, -0.15) is 10.4 Å². The molecule has 0 aliphatic heterocycles. The van der Waals surface area contributed by atoms with E-state index in [9.17, 15) is 0 Å². The zero-order valence-corrected chi connectivity index (χ0v) is 11.5. The summed E-state index contributed by atoms with van der Waals surface area (Å²) in [5.41, 5.74) is 2.82. The van der Waals surface area contributed by atoms with Crippen molar-refractivity contribution in [3.05, 3.63) is 47.8 Å². The molecule has 2 aromatic rings. The van der Waals surface area contributed by atoms with E-state index in [4.69, 9.17) is 5.26 Å². The average Bonchev–Trinajstić information content (AvgIpc) is 2.86. The van der Waals surface area contributed by atoms with Crippen molar-refractivity contribution in [2.45, 2.75) is 32.9 Å².